The Morgan fingerprint density at radius 1 is 1.24 bits per heavy atom. The second-order valence-electron chi connectivity index (χ2n) is 8.01. The first-order valence-electron chi connectivity index (χ1n) is 10.1. The van der Waals surface area contributed by atoms with Gasteiger partial charge in [0.25, 0.3) is 0 Å². The quantitative estimate of drug-likeness (QED) is 0.811. The zero-order valence-corrected chi connectivity index (χ0v) is 16.8. The number of hydrogen-bond acceptors (Lipinski definition) is 5. The van der Waals surface area contributed by atoms with Crippen LogP contribution in [0, 0.1) is 5.92 Å². The van der Waals surface area contributed by atoms with Crippen molar-refractivity contribution in [3.63, 3.8) is 0 Å². The maximum atomic E-state index is 12.7. The van der Waals surface area contributed by atoms with Crippen LogP contribution in [0.3, 0.4) is 0 Å². The third-order valence-electron chi connectivity index (χ3n) is 6.06. The molecule has 8 heteroatoms. The average molecular weight is 410 g/mol. The van der Waals surface area contributed by atoms with Crippen molar-refractivity contribution in [2.24, 2.45) is 5.92 Å². The summed E-state index contributed by atoms with van der Waals surface area (Å²) in [5.41, 5.74) is 3.49. The Kier molecular flexibility index (Phi) is 4.58. The van der Waals surface area contributed by atoms with Crippen molar-refractivity contribution in [3.8, 4) is 11.3 Å². The minimum absolute atomic E-state index is 0.00105. The molecule has 2 N–H and O–H groups in total. The Morgan fingerprint density at radius 2 is 2.07 bits per heavy atom. The fourth-order valence-electron chi connectivity index (χ4n) is 4.54. The molecule has 1 aromatic heterocycles. The molecule has 1 aliphatic carbocycles. The molecular formula is C21H22N4O3S. The number of fused-ring (bicyclic) bond motifs is 1. The summed E-state index contributed by atoms with van der Waals surface area (Å²) in [6.07, 6.45) is 5.10. The van der Waals surface area contributed by atoms with E-state index in [-0.39, 0.29) is 30.1 Å². The molecule has 7 nitrogen and oxygen atoms in total. The van der Waals surface area contributed by atoms with E-state index in [1.165, 1.54) is 24.2 Å². The van der Waals surface area contributed by atoms with Crippen LogP contribution in [0.15, 0.2) is 23.6 Å². The second kappa shape index (κ2) is 7.26. The van der Waals surface area contributed by atoms with E-state index in [0.717, 1.165) is 35.3 Å². The summed E-state index contributed by atoms with van der Waals surface area (Å²) in [7, 11) is 0. The first-order chi connectivity index (χ1) is 14.1. The van der Waals surface area contributed by atoms with Crippen molar-refractivity contribution in [1.82, 2.24) is 9.88 Å². The lowest BCUT2D eigenvalue weighted by Crippen LogP contribution is -2.35. The van der Waals surface area contributed by atoms with Crippen LogP contribution in [0.5, 0.6) is 0 Å². The predicted octanol–water partition coefficient (Wildman–Crippen LogP) is 3.03. The summed E-state index contributed by atoms with van der Waals surface area (Å²) < 4.78 is 0. The summed E-state index contributed by atoms with van der Waals surface area (Å²) >= 11 is 1.37. The number of aromatic nitrogens is 1. The fourth-order valence-corrected chi connectivity index (χ4v) is 5.26. The third kappa shape index (κ3) is 3.53. The molecule has 3 amide bonds. The van der Waals surface area contributed by atoms with Gasteiger partial charge in [-0.05, 0) is 30.5 Å². The van der Waals surface area contributed by atoms with Gasteiger partial charge in [0.15, 0.2) is 5.13 Å². The molecule has 150 valence electrons. The Hall–Kier alpha value is -2.74. The van der Waals surface area contributed by atoms with E-state index < -0.39 is 0 Å². The number of thiazole rings is 1. The van der Waals surface area contributed by atoms with Gasteiger partial charge >= 0.3 is 0 Å². The van der Waals surface area contributed by atoms with E-state index in [0.29, 0.717) is 24.1 Å². The fraction of sp³-hybridized carbons (Fsp3) is 0.429. The van der Waals surface area contributed by atoms with Gasteiger partial charge in [-0.2, -0.15) is 0 Å². The molecule has 2 aromatic rings. The zero-order valence-electron chi connectivity index (χ0n) is 15.9. The molecule has 29 heavy (non-hydrogen) atoms. The van der Waals surface area contributed by atoms with Gasteiger partial charge in [0.2, 0.25) is 17.7 Å². The van der Waals surface area contributed by atoms with Gasteiger partial charge in [0.05, 0.1) is 18.0 Å². The molecule has 3 heterocycles. The molecule has 2 aliphatic heterocycles. The summed E-state index contributed by atoms with van der Waals surface area (Å²) in [4.78, 5) is 43.0. The summed E-state index contributed by atoms with van der Waals surface area (Å²) in [6.45, 7) is 0.513. The first-order valence-corrected chi connectivity index (χ1v) is 10.9. The minimum atomic E-state index is -0.312. The van der Waals surface area contributed by atoms with Crippen LogP contribution in [0.2, 0.25) is 0 Å². The van der Waals surface area contributed by atoms with Crippen LogP contribution in [-0.2, 0) is 20.8 Å². The van der Waals surface area contributed by atoms with Gasteiger partial charge in [-0.1, -0.05) is 18.9 Å². The zero-order chi connectivity index (χ0) is 20.0. The van der Waals surface area contributed by atoms with Gasteiger partial charge in [-0.3, -0.25) is 14.4 Å². The van der Waals surface area contributed by atoms with E-state index in [1.807, 2.05) is 28.5 Å². The van der Waals surface area contributed by atoms with Gasteiger partial charge in [-0.15, -0.1) is 11.3 Å². The number of rotatable bonds is 4. The normalized spacial score (nSPS) is 21.5. The second-order valence-corrected chi connectivity index (χ2v) is 8.87. The number of hydrogen-bond donors (Lipinski definition) is 2. The maximum Gasteiger partial charge on any atom is 0.231 e. The van der Waals surface area contributed by atoms with E-state index >= 15 is 0 Å². The lowest BCUT2D eigenvalue weighted by atomic mass is 10.1. The number of carbonyl (C=O) groups is 3. The molecule has 5 rings (SSSR count). The van der Waals surface area contributed by atoms with Gasteiger partial charge < -0.3 is 15.5 Å². The van der Waals surface area contributed by atoms with Gasteiger partial charge in [0, 0.05) is 35.6 Å². The van der Waals surface area contributed by atoms with Crippen LogP contribution >= 0.6 is 11.3 Å². The standard InChI is InChI=1S/C21H22N4O3S/c26-18-8-13-7-12(5-6-16(13)22-18)17-11-29-21(23-17)24-20(28)14-9-19(27)25(10-14)15-3-1-2-4-15/h5-7,11,14-15H,1-4,8-10H2,(H,22,26)(H,23,24,28)/t14-/m1/s1. The molecule has 3 aliphatic rings. The number of nitrogens with one attached hydrogen (secondary N) is 2. The van der Waals surface area contributed by atoms with Crippen molar-refractivity contribution in [2.75, 3.05) is 17.2 Å². The first kappa shape index (κ1) is 18.3. The average Bonchev–Trinajstić information content (AvgIpc) is 3.47. The highest BCUT2D eigenvalue weighted by Gasteiger charge is 2.38. The van der Waals surface area contributed by atoms with E-state index in [1.54, 1.807) is 0 Å². The Morgan fingerprint density at radius 3 is 2.90 bits per heavy atom. The Balaban J connectivity index is 1.25. The molecule has 0 unspecified atom stereocenters. The monoisotopic (exact) mass is 410 g/mol. The van der Waals surface area contributed by atoms with Gasteiger partial charge in [0.1, 0.15) is 0 Å². The van der Waals surface area contributed by atoms with Crippen molar-refractivity contribution in [2.45, 2.75) is 44.6 Å². The number of anilines is 2. The molecule has 1 atom stereocenters. The van der Waals surface area contributed by atoms with Crippen molar-refractivity contribution in [3.05, 3.63) is 29.1 Å². The molecule has 1 saturated carbocycles. The van der Waals surface area contributed by atoms with E-state index in [4.69, 9.17) is 0 Å². The number of likely N-dealkylation sites (tertiary alicyclic amines) is 1. The molecule has 1 aromatic carbocycles. The third-order valence-corrected chi connectivity index (χ3v) is 6.81. The van der Waals surface area contributed by atoms with Crippen LogP contribution in [0.1, 0.15) is 37.7 Å². The largest absolute Gasteiger partial charge is 0.339 e. The molecule has 0 spiro atoms. The van der Waals surface area contributed by atoms with Crippen LogP contribution in [-0.4, -0.2) is 40.2 Å². The van der Waals surface area contributed by atoms with Crippen LogP contribution in [0.4, 0.5) is 10.8 Å². The van der Waals surface area contributed by atoms with Crippen molar-refractivity contribution in [1.29, 1.82) is 0 Å². The number of nitrogens with zero attached hydrogens (tertiary/aromatic N) is 2. The lowest BCUT2D eigenvalue weighted by molar-refractivity contribution is -0.130. The molecule has 0 radical (unpaired) electrons. The van der Waals surface area contributed by atoms with E-state index in [2.05, 4.69) is 15.6 Å². The number of benzene rings is 1. The number of carbonyl (C=O) groups excluding carboxylic acids is 3. The molecular weight excluding hydrogens is 388 g/mol. The number of amides is 3. The SMILES string of the molecule is O=C1Cc2cc(-c3csc(NC(=O)[C@@H]4CC(=O)N(C5CCCC5)C4)n3)ccc2N1. The minimum Gasteiger partial charge on any atom is -0.339 e. The summed E-state index contributed by atoms with van der Waals surface area (Å²) in [5.74, 6) is -0.352. The van der Waals surface area contributed by atoms with Crippen LogP contribution < -0.4 is 10.6 Å². The Labute approximate surface area is 172 Å². The molecule has 1 saturated heterocycles. The Bertz CT molecular complexity index is 996. The summed E-state index contributed by atoms with van der Waals surface area (Å²) in [6, 6.07) is 6.07. The van der Waals surface area contributed by atoms with E-state index in [9.17, 15) is 14.4 Å². The van der Waals surface area contributed by atoms with Crippen molar-refractivity contribution >= 4 is 39.9 Å². The predicted molar refractivity (Wildman–Crippen MR) is 111 cm³/mol. The topological polar surface area (TPSA) is 91.4 Å². The lowest BCUT2D eigenvalue weighted by Gasteiger charge is -2.23. The smallest absolute Gasteiger partial charge is 0.231 e. The highest BCUT2D eigenvalue weighted by Crippen LogP contribution is 2.32. The highest BCUT2D eigenvalue weighted by molar-refractivity contribution is 7.14. The van der Waals surface area contributed by atoms with Gasteiger partial charge in [-0.25, -0.2) is 4.98 Å². The highest BCUT2D eigenvalue weighted by atomic mass is 32.1. The van der Waals surface area contributed by atoms with Crippen molar-refractivity contribution < 1.29 is 14.4 Å². The molecule has 2 fully saturated rings. The summed E-state index contributed by atoms with van der Waals surface area (Å²) in [5, 5.41) is 8.14. The maximum absolute atomic E-state index is 12.7. The molecule has 0 bridgehead atoms. The van der Waals surface area contributed by atoms with Crippen LogP contribution in [0.25, 0.3) is 11.3 Å².